The van der Waals surface area contributed by atoms with Gasteiger partial charge >= 0.3 is 0 Å². The molecule has 4 aromatic rings. The highest BCUT2D eigenvalue weighted by atomic mass is 32.1. The Hall–Kier alpha value is -3.72. The van der Waals surface area contributed by atoms with E-state index in [4.69, 9.17) is 9.47 Å². The number of hydrogen-bond donors (Lipinski definition) is 1. The van der Waals surface area contributed by atoms with Crippen molar-refractivity contribution < 1.29 is 14.3 Å². The fraction of sp³-hybridized carbons (Fsp3) is 0.217. The number of nitrogens with zero attached hydrogens (tertiary/aromatic N) is 4. The summed E-state index contributed by atoms with van der Waals surface area (Å²) in [7, 11) is 3.18. The lowest BCUT2D eigenvalue weighted by molar-refractivity contribution is 0.0943. The van der Waals surface area contributed by atoms with Crippen molar-refractivity contribution in [3.05, 3.63) is 71.3 Å². The first-order valence-electron chi connectivity index (χ1n) is 9.95. The minimum atomic E-state index is -0.168. The molecule has 0 saturated carbocycles. The number of aryl methyl sites for hydroxylation is 1. The molecule has 2 aromatic carbocycles. The maximum atomic E-state index is 13.0. The van der Waals surface area contributed by atoms with Gasteiger partial charge in [-0.15, -0.1) is 11.3 Å². The van der Waals surface area contributed by atoms with Gasteiger partial charge in [-0.25, -0.2) is 14.6 Å². The highest BCUT2D eigenvalue weighted by molar-refractivity contribution is 7.17. The third kappa shape index (κ3) is 4.33. The Bertz CT molecular complexity index is 1220. The first kappa shape index (κ1) is 21.5. The van der Waals surface area contributed by atoms with Gasteiger partial charge in [-0.3, -0.25) is 4.79 Å². The molecule has 2 aromatic heterocycles. The molecule has 0 aliphatic carbocycles. The van der Waals surface area contributed by atoms with Crippen LogP contribution >= 0.6 is 11.3 Å². The number of methoxy groups -OCH3 is 2. The molecular formula is C23H23N5O3S. The molecule has 0 saturated heterocycles. The summed E-state index contributed by atoms with van der Waals surface area (Å²) in [5.41, 5.74) is 3.45. The van der Waals surface area contributed by atoms with Crippen molar-refractivity contribution in [3.63, 3.8) is 0 Å². The number of amides is 1. The molecule has 0 spiro atoms. The molecule has 1 atom stereocenters. The summed E-state index contributed by atoms with van der Waals surface area (Å²) in [6.07, 6.45) is 3.13. The minimum absolute atomic E-state index is 0.153. The average molecular weight is 450 g/mol. The smallest absolute Gasteiger partial charge is 0.263 e. The summed E-state index contributed by atoms with van der Waals surface area (Å²) < 4.78 is 12.4. The summed E-state index contributed by atoms with van der Waals surface area (Å²) in [4.78, 5) is 22.1. The third-order valence-corrected chi connectivity index (χ3v) is 6.26. The topological polar surface area (TPSA) is 91.2 Å². The summed E-state index contributed by atoms with van der Waals surface area (Å²) in [5, 5.41) is 7.94. The second kappa shape index (κ2) is 9.19. The van der Waals surface area contributed by atoms with Gasteiger partial charge in [0.05, 0.1) is 31.6 Å². The lowest BCUT2D eigenvalue weighted by Gasteiger charge is -2.14. The van der Waals surface area contributed by atoms with Gasteiger partial charge in [0.25, 0.3) is 5.91 Å². The Balaban J connectivity index is 1.50. The first-order chi connectivity index (χ1) is 15.5. The molecule has 0 aliphatic rings. The van der Waals surface area contributed by atoms with E-state index in [2.05, 4.69) is 20.4 Å². The molecule has 0 bridgehead atoms. The number of nitrogens with one attached hydrogen (secondary N) is 1. The van der Waals surface area contributed by atoms with E-state index in [-0.39, 0.29) is 11.9 Å². The maximum Gasteiger partial charge on any atom is 0.263 e. The largest absolute Gasteiger partial charge is 0.493 e. The van der Waals surface area contributed by atoms with Gasteiger partial charge in [0.15, 0.2) is 11.5 Å². The molecular weight excluding hydrogens is 426 g/mol. The number of aromatic nitrogens is 4. The minimum Gasteiger partial charge on any atom is -0.493 e. The van der Waals surface area contributed by atoms with E-state index in [1.807, 2.05) is 56.3 Å². The summed E-state index contributed by atoms with van der Waals surface area (Å²) in [6, 6.07) is 13.2. The Labute approximate surface area is 189 Å². The van der Waals surface area contributed by atoms with Crippen molar-refractivity contribution in [2.75, 3.05) is 14.2 Å². The lowest BCUT2D eigenvalue weighted by atomic mass is 10.1. The van der Waals surface area contributed by atoms with Gasteiger partial charge in [-0.05, 0) is 49.7 Å². The number of thiazole rings is 1. The second-order valence-electron chi connectivity index (χ2n) is 7.13. The van der Waals surface area contributed by atoms with Crippen LogP contribution < -0.4 is 14.8 Å². The van der Waals surface area contributed by atoms with Crippen molar-refractivity contribution in [2.24, 2.45) is 0 Å². The third-order valence-electron chi connectivity index (χ3n) is 5.06. The maximum absolute atomic E-state index is 13.0. The lowest BCUT2D eigenvalue weighted by Crippen LogP contribution is -2.26. The van der Waals surface area contributed by atoms with E-state index < -0.39 is 0 Å². The highest BCUT2D eigenvalue weighted by Gasteiger charge is 2.19. The zero-order valence-electron chi connectivity index (χ0n) is 18.2. The normalized spacial score (nSPS) is 11.8. The number of ether oxygens (including phenoxy) is 2. The van der Waals surface area contributed by atoms with Gasteiger partial charge in [0.1, 0.15) is 22.5 Å². The molecule has 9 heteroatoms. The van der Waals surface area contributed by atoms with Crippen LogP contribution in [0.5, 0.6) is 11.5 Å². The molecule has 32 heavy (non-hydrogen) atoms. The van der Waals surface area contributed by atoms with Gasteiger partial charge in [-0.1, -0.05) is 12.1 Å². The van der Waals surface area contributed by atoms with Crippen LogP contribution in [-0.4, -0.2) is 39.9 Å². The molecule has 8 nitrogen and oxygen atoms in total. The molecule has 1 unspecified atom stereocenters. The molecule has 1 amide bonds. The van der Waals surface area contributed by atoms with Gasteiger partial charge < -0.3 is 14.8 Å². The van der Waals surface area contributed by atoms with E-state index in [0.29, 0.717) is 22.1 Å². The van der Waals surface area contributed by atoms with Crippen LogP contribution in [0.15, 0.2) is 55.1 Å². The predicted octanol–water partition coefficient (Wildman–Crippen LogP) is 4.21. The van der Waals surface area contributed by atoms with Crippen LogP contribution in [0.3, 0.4) is 0 Å². The molecule has 2 heterocycles. The summed E-state index contributed by atoms with van der Waals surface area (Å²) in [6.45, 7) is 3.79. The van der Waals surface area contributed by atoms with Gasteiger partial charge in [-0.2, -0.15) is 5.10 Å². The Morgan fingerprint density at radius 3 is 2.50 bits per heavy atom. The Morgan fingerprint density at radius 2 is 1.84 bits per heavy atom. The van der Waals surface area contributed by atoms with Crippen LogP contribution in [0.25, 0.3) is 16.3 Å². The Morgan fingerprint density at radius 1 is 1.09 bits per heavy atom. The predicted molar refractivity (Wildman–Crippen MR) is 123 cm³/mol. The van der Waals surface area contributed by atoms with Gasteiger partial charge in [0, 0.05) is 5.56 Å². The van der Waals surface area contributed by atoms with E-state index in [1.54, 1.807) is 25.2 Å². The zero-order valence-corrected chi connectivity index (χ0v) is 19.0. The summed E-state index contributed by atoms with van der Waals surface area (Å²) in [5.74, 6) is 1.11. The first-order valence-corrected chi connectivity index (χ1v) is 10.8. The summed E-state index contributed by atoms with van der Waals surface area (Å²) >= 11 is 1.35. The number of carbonyl (C=O) groups excluding carboxylic acids is 1. The molecule has 0 aliphatic heterocycles. The fourth-order valence-electron chi connectivity index (χ4n) is 3.30. The number of carbonyl (C=O) groups is 1. The monoisotopic (exact) mass is 449 g/mol. The van der Waals surface area contributed by atoms with Crippen LogP contribution in [0.1, 0.15) is 33.9 Å². The second-order valence-corrected chi connectivity index (χ2v) is 8.13. The van der Waals surface area contributed by atoms with E-state index >= 15 is 0 Å². The van der Waals surface area contributed by atoms with Crippen molar-refractivity contribution in [1.29, 1.82) is 0 Å². The van der Waals surface area contributed by atoms with Crippen LogP contribution in [0, 0.1) is 6.92 Å². The average Bonchev–Trinajstić information content (AvgIpc) is 3.49. The molecule has 4 rings (SSSR count). The van der Waals surface area contributed by atoms with Crippen LogP contribution in [0.2, 0.25) is 0 Å². The van der Waals surface area contributed by atoms with Crippen molar-refractivity contribution in [2.45, 2.75) is 19.9 Å². The van der Waals surface area contributed by atoms with Gasteiger partial charge in [0.2, 0.25) is 0 Å². The molecule has 1 N–H and O–H groups in total. The quantitative estimate of drug-likeness (QED) is 0.455. The van der Waals surface area contributed by atoms with Crippen molar-refractivity contribution in [3.8, 4) is 27.8 Å². The fourth-order valence-corrected chi connectivity index (χ4v) is 4.27. The number of hydrogen-bond acceptors (Lipinski definition) is 7. The molecule has 0 fully saturated rings. The van der Waals surface area contributed by atoms with Crippen LogP contribution in [-0.2, 0) is 0 Å². The van der Waals surface area contributed by atoms with E-state index in [9.17, 15) is 4.79 Å². The SMILES string of the molecule is COc1ccc(-c2nc(C)c(C(=O)NC(C)c3ccc(-n4cncn4)cc3)s2)cc1OC. The standard InChI is InChI=1S/C23H23N5O3S/c1-14(16-5-8-18(9-6-16)28-13-24-12-25-28)26-22(29)21-15(2)27-23(32-21)17-7-10-19(30-3)20(11-17)31-4/h5-14H,1-4H3,(H,26,29). The van der Waals surface area contributed by atoms with Crippen molar-refractivity contribution >= 4 is 17.2 Å². The van der Waals surface area contributed by atoms with Crippen LogP contribution in [0.4, 0.5) is 0 Å². The molecule has 0 radical (unpaired) electrons. The molecule has 164 valence electrons. The van der Waals surface area contributed by atoms with E-state index in [0.717, 1.165) is 21.8 Å². The highest BCUT2D eigenvalue weighted by Crippen LogP contribution is 2.35. The van der Waals surface area contributed by atoms with Crippen molar-refractivity contribution in [1.82, 2.24) is 25.1 Å². The van der Waals surface area contributed by atoms with E-state index in [1.165, 1.54) is 17.7 Å². The Kier molecular flexibility index (Phi) is 6.18. The number of rotatable bonds is 7. The number of benzene rings is 2. The zero-order chi connectivity index (χ0) is 22.7.